The van der Waals surface area contributed by atoms with Crippen LogP contribution in [0.1, 0.15) is 24.4 Å². The fourth-order valence-corrected chi connectivity index (χ4v) is 3.43. The van der Waals surface area contributed by atoms with Crippen LogP contribution in [0.5, 0.6) is 0 Å². The average molecular weight is 294 g/mol. The van der Waals surface area contributed by atoms with E-state index in [-0.39, 0.29) is 12.1 Å². The van der Waals surface area contributed by atoms with Crippen LogP contribution in [0.15, 0.2) is 24.3 Å². The van der Waals surface area contributed by atoms with Gasteiger partial charge < -0.3 is 15.1 Å². The van der Waals surface area contributed by atoms with Crippen LogP contribution in [0.2, 0.25) is 5.02 Å². The van der Waals surface area contributed by atoms with E-state index >= 15 is 0 Å². The van der Waals surface area contributed by atoms with Gasteiger partial charge in [-0.25, -0.2) is 4.79 Å². The first kappa shape index (κ1) is 13.7. The van der Waals surface area contributed by atoms with Crippen LogP contribution in [-0.2, 0) is 0 Å². The molecule has 0 aliphatic carbocycles. The summed E-state index contributed by atoms with van der Waals surface area (Å²) in [6, 6.07) is 8.47. The van der Waals surface area contributed by atoms with Crippen molar-refractivity contribution in [2.45, 2.75) is 24.9 Å². The number of benzene rings is 1. The van der Waals surface area contributed by atoms with Crippen molar-refractivity contribution in [3.8, 4) is 0 Å². The largest absolute Gasteiger partial charge is 0.325 e. The Morgan fingerprint density at radius 3 is 2.75 bits per heavy atom. The number of nitrogens with one attached hydrogen (secondary N) is 1. The Bertz CT molecular complexity index is 502. The van der Waals surface area contributed by atoms with Crippen molar-refractivity contribution in [2.24, 2.45) is 0 Å². The third-order valence-corrected chi connectivity index (χ3v) is 4.50. The summed E-state index contributed by atoms with van der Waals surface area (Å²) in [5.74, 6) is 0. The molecule has 0 aromatic heterocycles. The Labute approximate surface area is 124 Å². The fraction of sp³-hybridized carbons (Fsp3) is 0.533. The third-order valence-electron chi connectivity index (χ3n) is 4.27. The first-order valence-corrected chi connectivity index (χ1v) is 7.54. The number of carbonyl (C=O) groups is 1. The number of likely N-dealkylation sites (N-methyl/N-ethyl adjacent to an activating group) is 1. The van der Waals surface area contributed by atoms with E-state index in [9.17, 15) is 4.79 Å². The van der Waals surface area contributed by atoms with Crippen molar-refractivity contribution >= 4 is 17.6 Å². The summed E-state index contributed by atoms with van der Waals surface area (Å²) in [5.41, 5.74) is 1.13. The molecule has 2 fully saturated rings. The van der Waals surface area contributed by atoms with E-state index in [0.29, 0.717) is 6.04 Å². The fourth-order valence-electron chi connectivity index (χ4n) is 3.23. The smallest absolute Gasteiger partial charge is 0.320 e. The molecule has 108 valence electrons. The Kier molecular flexibility index (Phi) is 3.85. The van der Waals surface area contributed by atoms with E-state index in [1.807, 2.05) is 30.1 Å². The highest BCUT2D eigenvalue weighted by atomic mass is 35.5. The second kappa shape index (κ2) is 5.62. The van der Waals surface area contributed by atoms with Crippen LogP contribution < -0.4 is 5.32 Å². The maximum Gasteiger partial charge on any atom is 0.320 e. The normalized spacial score (nSPS) is 24.5. The lowest BCUT2D eigenvalue weighted by Crippen LogP contribution is -2.45. The standard InChI is InChI=1S/C15H20ClN3O/c1-18-10-14(11-3-2-4-12(16)9-11)19(15(18)20)13-5-7-17-8-6-13/h2-4,9,13-14,17H,5-8,10H2,1H3/t14-/m0/s1. The molecule has 20 heavy (non-hydrogen) atoms. The lowest BCUT2D eigenvalue weighted by atomic mass is 10.00. The summed E-state index contributed by atoms with van der Waals surface area (Å²) in [7, 11) is 1.88. The van der Waals surface area contributed by atoms with Gasteiger partial charge in [0.15, 0.2) is 0 Å². The molecule has 0 saturated carbocycles. The number of amides is 2. The first-order chi connectivity index (χ1) is 9.66. The molecule has 1 aromatic carbocycles. The predicted octanol–water partition coefficient (Wildman–Crippen LogP) is 2.50. The molecule has 1 atom stereocenters. The van der Waals surface area contributed by atoms with Crippen LogP contribution in [0.3, 0.4) is 0 Å². The van der Waals surface area contributed by atoms with Crippen molar-refractivity contribution in [3.05, 3.63) is 34.9 Å². The van der Waals surface area contributed by atoms with E-state index in [1.165, 1.54) is 0 Å². The number of carbonyl (C=O) groups excluding carboxylic acids is 1. The van der Waals surface area contributed by atoms with Crippen molar-refractivity contribution in [2.75, 3.05) is 26.7 Å². The molecule has 4 nitrogen and oxygen atoms in total. The molecule has 0 spiro atoms. The quantitative estimate of drug-likeness (QED) is 0.909. The number of nitrogens with zero attached hydrogens (tertiary/aromatic N) is 2. The Hall–Kier alpha value is -1.26. The molecule has 1 aromatic rings. The molecule has 5 heteroatoms. The molecule has 1 N–H and O–H groups in total. The lowest BCUT2D eigenvalue weighted by molar-refractivity contribution is 0.151. The molecule has 0 bridgehead atoms. The molecular weight excluding hydrogens is 274 g/mol. The molecule has 2 aliphatic rings. The van der Waals surface area contributed by atoms with Crippen molar-refractivity contribution < 1.29 is 4.79 Å². The second-order valence-corrected chi connectivity index (χ2v) is 6.06. The highest BCUT2D eigenvalue weighted by Crippen LogP contribution is 2.33. The summed E-state index contributed by atoms with van der Waals surface area (Å²) >= 11 is 6.10. The van der Waals surface area contributed by atoms with E-state index in [2.05, 4.69) is 16.3 Å². The topological polar surface area (TPSA) is 35.6 Å². The summed E-state index contributed by atoms with van der Waals surface area (Å²) in [5, 5.41) is 4.09. The molecule has 2 heterocycles. The van der Waals surface area contributed by atoms with Gasteiger partial charge >= 0.3 is 6.03 Å². The zero-order chi connectivity index (χ0) is 14.1. The third kappa shape index (κ3) is 2.50. The van der Waals surface area contributed by atoms with Gasteiger partial charge in [-0.1, -0.05) is 23.7 Å². The zero-order valence-electron chi connectivity index (χ0n) is 11.7. The van der Waals surface area contributed by atoms with E-state index < -0.39 is 0 Å². The number of halogens is 1. The van der Waals surface area contributed by atoms with Crippen molar-refractivity contribution in [1.29, 1.82) is 0 Å². The molecule has 2 saturated heterocycles. The van der Waals surface area contributed by atoms with Gasteiger partial charge in [0.25, 0.3) is 0 Å². The van der Waals surface area contributed by atoms with Crippen LogP contribution in [0.25, 0.3) is 0 Å². The Balaban J connectivity index is 1.89. The number of hydrogen-bond donors (Lipinski definition) is 1. The maximum absolute atomic E-state index is 12.5. The van der Waals surface area contributed by atoms with Crippen LogP contribution in [-0.4, -0.2) is 48.6 Å². The maximum atomic E-state index is 12.5. The predicted molar refractivity (Wildman–Crippen MR) is 79.9 cm³/mol. The summed E-state index contributed by atoms with van der Waals surface area (Å²) in [6.45, 7) is 2.71. The SMILES string of the molecule is CN1C[C@@H](c2cccc(Cl)c2)N(C2CCNCC2)C1=O. The van der Waals surface area contributed by atoms with Gasteiger partial charge in [-0.3, -0.25) is 0 Å². The minimum atomic E-state index is 0.120. The van der Waals surface area contributed by atoms with Crippen LogP contribution >= 0.6 is 11.6 Å². The van der Waals surface area contributed by atoms with Gasteiger partial charge in [0.05, 0.1) is 6.04 Å². The monoisotopic (exact) mass is 293 g/mol. The molecule has 2 aliphatic heterocycles. The highest BCUT2D eigenvalue weighted by Gasteiger charge is 2.40. The molecule has 0 radical (unpaired) electrons. The second-order valence-electron chi connectivity index (χ2n) is 5.62. The van der Waals surface area contributed by atoms with Crippen molar-refractivity contribution in [3.63, 3.8) is 0 Å². The van der Waals surface area contributed by atoms with E-state index in [4.69, 9.17) is 11.6 Å². The van der Waals surface area contributed by atoms with Gasteiger partial charge in [-0.2, -0.15) is 0 Å². The average Bonchev–Trinajstić information content (AvgIpc) is 2.76. The Morgan fingerprint density at radius 1 is 1.30 bits per heavy atom. The van der Waals surface area contributed by atoms with Crippen LogP contribution in [0, 0.1) is 0 Å². The van der Waals surface area contributed by atoms with E-state index in [1.54, 1.807) is 0 Å². The first-order valence-electron chi connectivity index (χ1n) is 7.16. The molecule has 2 amide bonds. The number of rotatable bonds is 2. The number of piperidine rings is 1. The Morgan fingerprint density at radius 2 is 2.05 bits per heavy atom. The van der Waals surface area contributed by atoms with Crippen molar-refractivity contribution in [1.82, 2.24) is 15.1 Å². The summed E-state index contributed by atoms with van der Waals surface area (Å²) < 4.78 is 0. The van der Waals surface area contributed by atoms with E-state index in [0.717, 1.165) is 43.1 Å². The molecule has 0 unspecified atom stereocenters. The minimum absolute atomic E-state index is 0.120. The number of hydrogen-bond acceptors (Lipinski definition) is 2. The van der Waals surface area contributed by atoms with Crippen LogP contribution in [0.4, 0.5) is 4.79 Å². The van der Waals surface area contributed by atoms with Gasteiger partial charge in [0.1, 0.15) is 0 Å². The van der Waals surface area contributed by atoms with Gasteiger partial charge in [-0.05, 0) is 43.6 Å². The lowest BCUT2D eigenvalue weighted by Gasteiger charge is -2.35. The zero-order valence-corrected chi connectivity index (χ0v) is 12.4. The van der Waals surface area contributed by atoms with Gasteiger partial charge in [0.2, 0.25) is 0 Å². The van der Waals surface area contributed by atoms with Gasteiger partial charge in [-0.15, -0.1) is 0 Å². The van der Waals surface area contributed by atoms with Gasteiger partial charge in [0, 0.05) is 24.7 Å². The molecule has 3 rings (SSSR count). The number of urea groups is 1. The molecular formula is C15H20ClN3O. The minimum Gasteiger partial charge on any atom is -0.325 e. The summed E-state index contributed by atoms with van der Waals surface area (Å²) in [4.78, 5) is 16.3. The summed E-state index contributed by atoms with van der Waals surface area (Å²) in [6.07, 6.45) is 2.05. The highest BCUT2D eigenvalue weighted by molar-refractivity contribution is 6.30.